The van der Waals surface area contributed by atoms with Gasteiger partial charge in [-0.25, -0.2) is 9.18 Å². The van der Waals surface area contributed by atoms with Crippen LogP contribution in [0, 0.1) is 15.9 Å². The van der Waals surface area contributed by atoms with Crippen LogP contribution in [0.3, 0.4) is 0 Å². The molecule has 0 bridgehead atoms. The first-order valence-corrected chi connectivity index (χ1v) is 8.03. The van der Waals surface area contributed by atoms with Gasteiger partial charge in [-0.05, 0) is 30.3 Å². The van der Waals surface area contributed by atoms with Gasteiger partial charge >= 0.3 is 5.97 Å². The van der Waals surface area contributed by atoms with E-state index in [9.17, 15) is 28.9 Å². The van der Waals surface area contributed by atoms with Crippen LogP contribution in [-0.2, 0) is 14.3 Å². The van der Waals surface area contributed by atoms with Gasteiger partial charge in [0, 0.05) is 30.8 Å². The lowest BCUT2D eigenvalue weighted by Crippen LogP contribution is -2.37. The second-order valence-electron chi connectivity index (χ2n) is 5.62. The minimum absolute atomic E-state index is 0.0891. The number of nitrogens with zero attached hydrogens (tertiary/aromatic N) is 2. The van der Waals surface area contributed by atoms with Crippen LogP contribution in [0.2, 0.25) is 0 Å². The molecule has 0 saturated carbocycles. The maximum Gasteiger partial charge on any atom is 0.338 e. The molecular weight excluding hydrogens is 373 g/mol. The average molecular weight is 389 g/mol. The molecule has 2 N–H and O–H groups in total. The Balaban J connectivity index is 2.08. The largest absolute Gasteiger partial charge is 0.452 e. The molecule has 2 aromatic rings. The number of non-ortho nitro benzene ring substituents is 1. The lowest BCUT2D eigenvalue weighted by molar-refractivity contribution is -0.384. The van der Waals surface area contributed by atoms with Crippen molar-refractivity contribution in [3.63, 3.8) is 0 Å². The van der Waals surface area contributed by atoms with E-state index in [0.29, 0.717) is 5.69 Å². The fraction of sp³-hybridized carbons (Fsp3) is 0.167. The summed E-state index contributed by atoms with van der Waals surface area (Å²) >= 11 is 0. The first-order valence-electron chi connectivity index (χ1n) is 8.03. The molecule has 0 fully saturated rings. The van der Waals surface area contributed by atoms with Crippen molar-refractivity contribution < 1.29 is 28.4 Å². The zero-order chi connectivity index (χ0) is 20.7. The number of hydrogen-bond donors (Lipinski definition) is 1. The van der Waals surface area contributed by atoms with Crippen molar-refractivity contribution >= 4 is 29.2 Å². The number of benzene rings is 2. The Morgan fingerprint density at radius 1 is 1.14 bits per heavy atom. The third kappa shape index (κ3) is 5.59. The van der Waals surface area contributed by atoms with Crippen LogP contribution in [0.4, 0.5) is 15.8 Å². The Kier molecular flexibility index (Phi) is 6.74. The van der Waals surface area contributed by atoms with E-state index < -0.39 is 35.1 Å². The topological polar surface area (TPSA) is 133 Å². The number of halogens is 1. The predicted octanol–water partition coefficient (Wildman–Crippen LogP) is 1.80. The molecule has 0 radical (unpaired) electrons. The Bertz CT molecular complexity index is 900. The molecule has 0 aliphatic rings. The van der Waals surface area contributed by atoms with E-state index >= 15 is 0 Å². The summed E-state index contributed by atoms with van der Waals surface area (Å²) in [5.74, 6) is -2.76. The molecule has 2 aromatic carbocycles. The number of anilines is 1. The van der Waals surface area contributed by atoms with Crippen molar-refractivity contribution in [3.05, 3.63) is 70.0 Å². The molecule has 10 heteroatoms. The van der Waals surface area contributed by atoms with Gasteiger partial charge in [0.2, 0.25) is 5.91 Å². The summed E-state index contributed by atoms with van der Waals surface area (Å²) in [7, 11) is 0. The zero-order valence-electron chi connectivity index (χ0n) is 14.5. The van der Waals surface area contributed by atoms with E-state index in [-0.39, 0.29) is 24.2 Å². The number of amides is 2. The molecule has 0 aliphatic heterocycles. The van der Waals surface area contributed by atoms with Crippen molar-refractivity contribution in [3.8, 4) is 0 Å². The molecular formula is C18H16FN3O6. The third-order valence-corrected chi connectivity index (χ3v) is 3.64. The molecule has 2 amide bonds. The monoisotopic (exact) mass is 389 g/mol. The van der Waals surface area contributed by atoms with Crippen LogP contribution >= 0.6 is 0 Å². The minimum Gasteiger partial charge on any atom is -0.452 e. The van der Waals surface area contributed by atoms with Gasteiger partial charge in [-0.15, -0.1) is 0 Å². The summed E-state index contributed by atoms with van der Waals surface area (Å²) in [4.78, 5) is 46.8. The number of carbonyl (C=O) groups excluding carboxylic acids is 3. The number of primary amides is 1. The van der Waals surface area contributed by atoms with Gasteiger partial charge in [0.05, 0.1) is 10.5 Å². The summed E-state index contributed by atoms with van der Waals surface area (Å²) in [6.45, 7) is -0.772. The van der Waals surface area contributed by atoms with Crippen LogP contribution in [0.25, 0.3) is 0 Å². The summed E-state index contributed by atoms with van der Waals surface area (Å²) in [5, 5.41) is 10.8. The average Bonchev–Trinajstić information content (AvgIpc) is 2.67. The number of nitrogens with two attached hydrogens (primary N) is 1. The number of nitro groups is 1. The number of esters is 1. The molecule has 9 nitrogen and oxygen atoms in total. The van der Waals surface area contributed by atoms with E-state index in [2.05, 4.69) is 0 Å². The highest BCUT2D eigenvalue weighted by atomic mass is 19.1. The second kappa shape index (κ2) is 9.21. The maximum atomic E-state index is 13.1. The summed E-state index contributed by atoms with van der Waals surface area (Å²) in [5.41, 5.74) is 5.01. The Labute approximate surface area is 158 Å². The SMILES string of the molecule is NC(=O)CCN(C(=O)COC(=O)c1cccc([N+](=O)[O-])c1)c1ccc(F)cc1. The van der Waals surface area contributed by atoms with E-state index in [1.165, 1.54) is 30.3 Å². The molecule has 0 aromatic heterocycles. The van der Waals surface area contributed by atoms with E-state index in [4.69, 9.17) is 10.5 Å². The number of nitro benzene ring substituents is 1. The van der Waals surface area contributed by atoms with Crippen molar-refractivity contribution in [1.29, 1.82) is 0 Å². The van der Waals surface area contributed by atoms with Crippen molar-refractivity contribution in [2.75, 3.05) is 18.1 Å². The first-order chi connectivity index (χ1) is 13.3. The smallest absolute Gasteiger partial charge is 0.338 e. The molecule has 0 saturated heterocycles. The summed E-state index contributed by atoms with van der Waals surface area (Å²) in [6, 6.07) is 9.79. The fourth-order valence-corrected chi connectivity index (χ4v) is 2.28. The molecule has 0 spiro atoms. The third-order valence-electron chi connectivity index (χ3n) is 3.64. The minimum atomic E-state index is -0.925. The number of rotatable bonds is 8. The summed E-state index contributed by atoms with van der Waals surface area (Å²) < 4.78 is 18.0. The standard InChI is InChI=1S/C18H16FN3O6/c19-13-4-6-14(7-5-13)21(9-8-16(20)23)17(24)11-28-18(25)12-2-1-3-15(10-12)22(26)27/h1-7,10H,8-9,11H2,(H2,20,23). The van der Waals surface area contributed by atoms with Gasteiger partial charge < -0.3 is 15.4 Å². The zero-order valence-corrected chi connectivity index (χ0v) is 14.5. The normalized spacial score (nSPS) is 10.2. The quantitative estimate of drug-likeness (QED) is 0.416. The first kappa shape index (κ1) is 20.5. The van der Waals surface area contributed by atoms with Crippen LogP contribution < -0.4 is 10.6 Å². The van der Waals surface area contributed by atoms with E-state index in [0.717, 1.165) is 23.1 Å². The molecule has 2 rings (SSSR count). The van der Waals surface area contributed by atoms with E-state index in [1.807, 2.05) is 0 Å². The highest BCUT2D eigenvalue weighted by Crippen LogP contribution is 2.17. The highest BCUT2D eigenvalue weighted by Gasteiger charge is 2.20. The second-order valence-corrected chi connectivity index (χ2v) is 5.62. The molecule has 0 atom stereocenters. The number of hydrogen-bond acceptors (Lipinski definition) is 6. The predicted molar refractivity (Wildman–Crippen MR) is 95.9 cm³/mol. The van der Waals surface area contributed by atoms with Gasteiger partial charge in [0.1, 0.15) is 5.82 Å². The molecule has 0 aliphatic carbocycles. The van der Waals surface area contributed by atoms with E-state index in [1.54, 1.807) is 0 Å². The van der Waals surface area contributed by atoms with Gasteiger partial charge in [-0.1, -0.05) is 6.07 Å². The lowest BCUT2D eigenvalue weighted by Gasteiger charge is -2.22. The lowest BCUT2D eigenvalue weighted by atomic mass is 10.2. The van der Waals surface area contributed by atoms with Crippen LogP contribution in [0.15, 0.2) is 48.5 Å². The Morgan fingerprint density at radius 2 is 1.82 bits per heavy atom. The molecule has 146 valence electrons. The molecule has 0 heterocycles. The van der Waals surface area contributed by atoms with Crippen molar-refractivity contribution in [1.82, 2.24) is 0 Å². The van der Waals surface area contributed by atoms with Crippen molar-refractivity contribution in [2.24, 2.45) is 5.73 Å². The number of carbonyl (C=O) groups is 3. The molecule has 28 heavy (non-hydrogen) atoms. The Hall–Kier alpha value is -3.82. The number of ether oxygens (including phenoxy) is 1. The van der Waals surface area contributed by atoms with Gasteiger partial charge in [-0.2, -0.15) is 0 Å². The highest BCUT2D eigenvalue weighted by molar-refractivity contribution is 5.97. The molecule has 0 unspecified atom stereocenters. The van der Waals surface area contributed by atoms with Crippen LogP contribution in [-0.4, -0.2) is 35.9 Å². The Morgan fingerprint density at radius 3 is 2.43 bits per heavy atom. The van der Waals surface area contributed by atoms with Crippen LogP contribution in [0.1, 0.15) is 16.8 Å². The summed E-state index contributed by atoms with van der Waals surface area (Å²) in [6.07, 6.45) is -0.151. The van der Waals surface area contributed by atoms with Crippen molar-refractivity contribution in [2.45, 2.75) is 6.42 Å². The fourth-order valence-electron chi connectivity index (χ4n) is 2.28. The van der Waals surface area contributed by atoms with Gasteiger partial charge in [-0.3, -0.25) is 19.7 Å². The maximum absolute atomic E-state index is 13.1. The van der Waals surface area contributed by atoms with Gasteiger partial charge in [0.25, 0.3) is 11.6 Å². The van der Waals surface area contributed by atoms with Gasteiger partial charge in [0.15, 0.2) is 6.61 Å². The van der Waals surface area contributed by atoms with Crippen LogP contribution in [0.5, 0.6) is 0 Å².